The molecule has 0 atom stereocenters. The number of rotatable bonds is 4. The fraction of sp³-hybridized carbons (Fsp3) is 0.250. The number of nitrogens with zero attached hydrogens (tertiary/aromatic N) is 2. The molecular weight excluding hydrogens is 268 g/mol. The summed E-state index contributed by atoms with van der Waals surface area (Å²) >= 11 is 0. The molecule has 0 N–H and O–H groups in total. The van der Waals surface area contributed by atoms with Crippen LogP contribution in [0.2, 0.25) is 0 Å². The molecule has 0 unspecified atom stereocenters. The molecule has 3 aromatic rings. The van der Waals surface area contributed by atoms with Crippen molar-refractivity contribution >= 4 is 0 Å². The van der Waals surface area contributed by atoms with Crippen LogP contribution in [-0.2, 0) is 12.8 Å². The van der Waals surface area contributed by atoms with Crippen LogP contribution in [0.15, 0.2) is 54.7 Å². The van der Waals surface area contributed by atoms with Crippen molar-refractivity contribution in [2.24, 2.45) is 0 Å². The molecule has 112 valence electrons. The van der Waals surface area contributed by atoms with Crippen molar-refractivity contribution in [2.75, 3.05) is 0 Å². The van der Waals surface area contributed by atoms with Gasteiger partial charge in [-0.1, -0.05) is 48.9 Å². The van der Waals surface area contributed by atoms with Gasteiger partial charge in [0.05, 0.1) is 11.9 Å². The first-order valence-electron chi connectivity index (χ1n) is 7.85. The molecule has 3 rings (SSSR count). The van der Waals surface area contributed by atoms with E-state index in [-0.39, 0.29) is 0 Å². The van der Waals surface area contributed by atoms with Crippen molar-refractivity contribution in [3.63, 3.8) is 0 Å². The summed E-state index contributed by atoms with van der Waals surface area (Å²) in [6.45, 7) is 6.43. The van der Waals surface area contributed by atoms with Crippen LogP contribution in [0.3, 0.4) is 0 Å². The summed E-state index contributed by atoms with van der Waals surface area (Å²) in [5.74, 6) is 0. The highest BCUT2D eigenvalue weighted by Gasteiger charge is 2.08. The Labute approximate surface area is 132 Å². The van der Waals surface area contributed by atoms with Crippen LogP contribution < -0.4 is 0 Å². The van der Waals surface area contributed by atoms with Gasteiger partial charge in [0.2, 0.25) is 0 Å². The maximum atomic E-state index is 4.56. The molecule has 0 spiro atoms. The van der Waals surface area contributed by atoms with Crippen LogP contribution in [0.1, 0.15) is 34.9 Å². The molecule has 2 nitrogen and oxygen atoms in total. The molecule has 0 radical (unpaired) electrons. The van der Waals surface area contributed by atoms with Crippen molar-refractivity contribution in [3.05, 3.63) is 82.7 Å². The third-order valence-electron chi connectivity index (χ3n) is 4.22. The summed E-state index contributed by atoms with van der Waals surface area (Å²) < 4.78 is 2.02. The predicted octanol–water partition coefficient (Wildman–Crippen LogP) is 4.64. The lowest BCUT2D eigenvalue weighted by atomic mass is 10.0. The average molecular weight is 290 g/mol. The number of hydrogen-bond acceptors (Lipinski definition) is 1. The first kappa shape index (κ1) is 14.6. The van der Waals surface area contributed by atoms with Gasteiger partial charge in [-0.05, 0) is 49.1 Å². The highest BCUT2D eigenvalue weighted by molar-refractivity contribution is 5.38. The van der Waals surface area contributed by atoms with Crippen LogP contribution >= 0.6 is 0 Å². The normalized spacial score (nSPS) is 10.9. The second kappa shape index (κ2) is 6.18. The summed E-state index contributed by atoms with van der Waals surface area (Å²) in [6.07, 6.45) is 4.01. The third-order valence-corrected chi connectivity index (χ3v) is 4.22. The summed E-state index contributed by atoms with van der Waals surface area (Å²) in [5.41, 5.74) is 7.60. The average Bonchev–Trinajstić information content (AvgIpc) is 2.90. The Kier molecular flexibility index (Phi) is 4.10. The van der Waals surface area contributed by atoms with E-state index < -0.39 is 0 Å². The van der Waals surface area contributed by atoms with Crippen LogP contribution in [0, 0.1) is 13.8 Å². The van der Waals surface area contributed by atoms with E-state index in [0.29, 0.717) is 0 Å². The van der Waals surface area contributed by atoms with Gasteiger partial charge >= 0.3 is 0 Å². The molecule has 0 aliphatic heterocycles. The molecule has 0 bridgehead atoms. The van der Waals surface area contributed by atoms with Gasteiger partial charge in [0.1, 0.15) is 0 Å². The lowest BCUT2D eigenvalue weighted by Gasteiger charge is -2.06. The Morgan fingerprint density at radius 2 is 1.50 bits per heavy atom. The molecule has 2 heteroatoms. The van der Waals surface area contributed by atoms with E-state index in [1.165, 1.54) is 27.9 Å². The second-order valence-corrected chi connectivity index (χ2v) is 5.85. The summed E-state index contributed by atoms with van der Waals surface area (Å²) in [4.78, 5) is 0. The first-order valence-corrected chi connectivity index (χ1v) is 7.85. The number of aryl methyl sites for hydroxylation is 2. The molecule has 1 aromatic heterocycles. The Morgan fingerprint density at radius 1 is 0.864 bits per heavy atom. The maximum absolute atomic E-state index is 4.56. The van der Waals surface area contributed by atoms with E-state index in [4.69, 9.17) is 0 Å². The molecular formula is C20H22N2. The molecule has 2 aromatic carbocycles. The Balaban J connectivity index is 1.85. The monoisotopic (exact) mass is 290 g/mol. The molecule has 22 heavy (non-hydrogen) atoms. The first-order chi connectivity index (χ1) is 10.7. The summed E-state index contributed by atoms with van der Waals surface area (Å²) in [7, 11) is 0. The van der Waals surface area contributed by atoms with Gasteiger partial charge in [-0.3, -0.25) is 0 Å². The zero-order valence-electron chi connectivity index (χ0n) is 13.5. The largest absolute Gasteiger partial charge is 0.238 e. The Bertz CT molecular complexity index is 749. The van der Waals surface area contributed by atoms with E-state index >= 15 is 0 Å². The quantitative estimate of drug-likeness (QED) is 0.684. The van der Waals surface area contributed by atoms with Crippen LogP contribution in [0.5, 0.6) is 0 Å². The smallest absolute Gasteiger partial charge is 0.0648 e. The molecule has 0 amide bonds. The van der Waals surface area contributed by atoms with Gasteiger partial charge in [0.15, 0.2) is 0 Å². The number of hydrogen-bond donors (Lipinski definition) is 0. The van der Waals surface area contributed by atoms with E-state index in [9.17, 15) is 0 Å². The fourth-order valence-electron chi connectivity index (χ4n) is 2.68. The van der Waals surface area contributed by atoms with Crippen molar-refractivity contribution in [2.45, 2.75) is 33.6 Å². The minimum absolute atomic E-state index is 0.932. The van der Waals surface area contributed by atoms with Gasteiger partial charge in [-0.25, -0.2) is 4.68 Å². The molecule has 0 aliphatic rings. The van der Waals surface area contributed by atoms with Crippen LogP contribution in [0.4, 0.5) is 0 Å². The lowest BCUT2D eigenvalue weighted by Crippen LogP contribution is -1.99. The lowest BCUT2D eigenvalue weighted by molar-refractivity contribution is 0.844. The van der Waals surface area contributed by atoms with Gasteiger partial charge in [0, 0.05) is 12.1 Å². The molecule has 0 fully saturated rings. The van der Waals surface area contributed by atoms with Crippen molar-refractivity contribution < 1.29 is 0 Å². The van der Waals surface area contributed by atoms with Gasteiger partial charge in [-0.15, -0.1) is 0 Å². The minimum atomic E-state index is 0.932. The second-order valence-electron chi connectivity index (χ2n) is 5.85. The maximum Gasteiger partial charge on any atom is 0.0648 e. The third kappa shape index (κ3) is 2.96. The van der Waals surface area contributed by atoms with Crippen LogP contribution in [-0.4, -0.2) is 9.78 Å². The zero-order chi connectivity index (χ0) is 15.5. The SMILES string of the molecule is CCc1ccc(Cc2cnn(-c3ccc(C)cc3)c2C)cc1. The van der Waals surface area contributed by atoms with Crippen molar-refractivity contribution in [1.29, 1.82) is 0 Å². The molecule has 0 aliphatic carbocycles. The number of benzene rings is 2. The Morgan fingerprint density at radius 3 is 2.14 bits per heavy atom. The van der Waals surface area contributed by atoms with Gasteiger partial charge in [-0.2, -0.15) is 5.10 Å². The van der Waals surface area contributed by atoms with Gasteiger partial charge in [0.25, 0.3) is 0 Å². The minimum Gasteiger partial charge on any atom is -0.238 e. The highest BCUT2D eigenvalue weighted by Crippen LogP contribution is 2.18. The highest BCUT2D eigenvalue weighted by atomic mass is 15.3. The zero-order valence-corrected chi connectivity index (χ0v) is 13.5. The fourth-order valence-corrected chi connectivity index (χ4v) is 2.68. The van der Waals surface area contributed by atoms with E-state index in [1.807, 2.05) is 10.9 Å². The molecule has 0 saturated carbocycles. The molecule has 1 heterocycles. The van der Waals surface area contributed by atoms with E-state index in [0.717, 1.165) is 18.5 Å². The summed E-state index contributed by atoms with van der Waals surface area (Å²) in [5, 5.41) is 4.56. The Hall–Kier alpha value is -2.35. The number of aromatic nitrogens is 2. The standard InChI is InChI=1S/C20H22N2/c1-4-17-7-9-18(10-8-17)13-19-14-21-22(16(19)3)20-11-5-15(2)6-12-20/h5-12,14H,4,13H2,1-3H3. The van der Waals surface area contributed by atoms with E-state index in [1.54, 1.807) is 0 Å². The molecule has 0 saturated heterocycles. The predicted molar refractivity (Wildman–Crippen MR) is 91.7 cm³/mol. The van der Waals surface area contributed by atoms with Crippen LogP contribution in [0.25, 0.3) is 5.69 Å². The van der Waals surface area contributed by atoms with Gasteiger partial charge < -0.3 is 0 Å². The van der Waals surface area contributed by atoms with Crippen molar-refractivity contribution in [1.82, 2.24) is 9.78 Å². The summed E-state index contributed by atoms with van der Waals surface area (Å²) in [6, 6.07) is 17.4. The van der Waals surface area contributed by atoms with Crippen molar-refractivity contribution in [3.8, 4) is 5.69 Å². The topological polar surface area (TPSA) is 17.8 Å². The van der Waals surface area contributed by atoms with E-state index in [2.05, 4.69) is 74.4 Å².